The van der Waals surface area contributed by atoms with Crippen LogP contribution in [-0.2, 0) is 28.2 Å². The number of nitrogens with one attached hydrogen (secondary N) is 1. The molecule has 1 amide bonds. The molecule has 0 radical (unpaired) electrons. The maximum atomic E-state index is 12.7. The summed E-state index contributed by atoms with van der Waals surface area (Å²) < 4.78 is 13.6. The number of carbonyl (C=O) groups is 1. The van der Waals surface area contributed by atoms with Crippen molar-refractivity contribution in [3.63, 3.8) is 0 Å². The average molecular weight is 717 g/mol. The van der Waals surface area contributed by atoms with Crippen molar-refractivity contribution in [2.24, 2.45) is 5.92 Å². The Bertz CT molecular complexity index is 1940. The van der Waals surface area contributed by atoms with Crippen LogP contribution in [-0.4, -0.2) is 46.8 Å². The fourth-order valence-corrected chi connectivity index (χ4v) is 7.46. The Morgan fingerprint density at radius 2 is 1.50 bits per heavy atom. The highest BCUT2D eigenvalue weighted by molar-refractivity contribution is 6.30. The molecule has 2 aliphatic heterocycles. The third-order valence-electron chi connectivity index (χ3n) is 10.5. The quantitative estimate of drug-likeness (QED) is 0.135. The highest BCUT2D eigenvalue weighted by Gasteiger charge is 2.41. The first kappa shape index (κ1) is 36.0. The van der Waals surface area contributed by atoms with Gasteiger partial charge in [0.05, 0.1) is 24.4 Å². The molecule has 7 nitrogen and oxygen atoms in total. The molecular weight excluding hydrogens is 672 g/mol. The first-order valence-electron chi connectivity index (χ1n) is 18.0. The van der Waals surface area contributed by atoms with Crippen LogP contribution in [0.4, 0.5) is 0 Å². The van der Waals surface area contributed by atoms with Crippen molar-refractivity contribution in [1.82, 2.24) is 10.2 Å². The lowest BCUT2D eigenvalue weighted by molar-refractivity contribution is -0.277. The van der Waals surface area contributed by atoms with Crippen molar-refractivity contribution in [1.29, 1.82) is 0 Å². The Hall–Kier alpha value is -4.34. The lowest BCUT2D eigenvalue weighted by Gasteiger charge is -2.45. The summed E-state index contributed by atoms with van der Waals surface area (Å²) in [7, 11) is 0. The van der Waals surface area contributed by atoms with Gasteiger partial charge in [-0.05, 0) is 82.6 Å². The fourth-order valence-electron chi connectivity index (χ4n) is 7.34. The number of piperidine rings is 1. The zero-order chi connectivity index (χ0) is 36.1. The van der Waals surface area contributed by atoms with Crippen molar-refractivity contribution >= 4 is 17.5 Å². The van der Waals surface area contributed by atoms with Crippen molar-refractivity contribution in [3.05, 3.63) is 166 Å². The number of likely N-dealkylation sites (tertiary alicyclic amines) is 1. The zero-order valence-electron chi connectivity index (χ0n) is 29.3. The van der Waals surface area contributed by atoms with Gasteiger partial charge in [-0.3, -0.25) is 4.79 Å². The molecular formula is C44H45ClN2O5. The largest absolute Gasteiger partial charge is 0.392 e. The fraction of sp³-hybridized carbons (Fsp3) is 0.295. The van der Waals surface area contributed by atoms with E-state index in [1.165, 1.54) is 0 Å². The Labute approximate surface area is 310 Å². The lowest BCUT2D eigenvalue weighted by Crippen LogP contribution is -2.49. The van der Waals surface area contributed by atoms with Gasteiger partial charge in [0.2, 0.25) is 0 Å². The van der Waals surface area contributed by atoms with Crippen LogP contribution in [0.15, 0.2) is 127 Å². The Morgan fingerprint density at radius 1 is 0.808 bits per heavy atom. The molecule has 52 heavy (non-hydrogen) atoms. The van der Waals surface area contributed by atoms with E-state index in [0.29, 0.717) is 36.5 Å². The number of aliphatic hydroxyl groups excluding tert-OH is 1. The number of benzene rings is 5. The molecule has 2 heterocycles. The average Bonchev–Trinajstić information content (AvgIpc) is 3.19. The predicted molar refractivity (Wildman–Crippen MR) is 203 cm³/mol. The highest BCUT2D eigenvalue weighted by Crippen LogP contribution is 2.43. The van der Waals surface area contributed by atoms with E-state index in [1.54, 1.807) is 0 Å². The van der Waals surface area contributed by atoms with Gasteiger partial charge in [-0.1, -0.05) is 110 Å². The van der Waals surface area contributed by atoms with Crippen LogP contribution in [0.2, 0.25) is 5.02 Å². The second-order valence-corrected chi connectivity index (χ2v) is 14.5. The minimum absolute atomic E-state index is 0.0135. The zero-order valence-corrected chi connectivity index (χ0v) is 30.1. The number of carbonyl (C=O) groups excluding carboxylic acids is 1. The van der Waals surface area contributed by atoms with E-state index in [0.717, 1.165) is 52.0 Å². The molecule has 0 bridgehead atoms. The molecule has 0 aromatic heterocycles. The summed E-state index contributed by atoms with van der Waals surface area (Å²) in [4.78, 5) is 15.0. The minimum atomic E-state index is -0.881. The number of amides is 1. The van der Waals surface area contributed by atoms with E-state index in [1.807, 2.05) is 103 Å². The molecule has 268 valence electrons. The van der Waals surface area contributed by atoms with Gasteiger partial charge in [0.15, 0.2) is 6.29 Å². The maximum absolute atomic E-state index is 12.7. The van der Waals surface area contributed by atoms with E-state index in [4.69, 9.17) is 21.1 Å². The normalized spacial score (nSPS) is 21.8. The van der Waals surface area contributed by atoms with Gasteiger partial charge in [0.25, 0.3) is 5.91 Å². The molecule has 2 aliphatic rings. The molecule has 2 saturated heterocycles. The van der Waals surface area contributed by atoms with Crippen LogP contribution < -0.4 is 5.32 Å². The molecule has 0 aliphatic carbocycles. The third-order valence-corrected chi connectivity index (χ3v) is 10.8. The number of hydrogen-bond donors (Lipinski definition) is 3. The first-order valence-corrected chi connectivity index (χ1v) is 18.4. The molecule has 0 saturated carbocycles. The van der Waals surface area contributed by atoms with E-state index < -0.39 is 11.9 Å². The van der Waals surface area contributed by atoms with Gasteiger partial charge < -0.3 is 29.9 Å². The number of hydrogen-bond acceptors (Lipinski definition) is 6. The van der Waals surface area contributed by atoms with Gasteiger partial charge in [-0.15, -0.1) is 0 Å². The third kappa shape index (κ3) is 8.31. The SMILES string of the molecule is CC1C(CN2CCC(O)(c3ccc(Cl)cc3)CC2)OC(c2cccc(-c3cccc(CNC(=O)c4ccccc4)c3)c2)OC1c1ccc(CO)cc1. The van der Waals surface area contributed by atoms with Gasteiger partial charge in [0, 0.05) is 48.2 Å². The minimum Gasteiger partial charge on any atom is -0.392 e. The number of aliphatic hydroxyl groups is 2. The summed E-state index contributed by atoms with van der Waals surface area (Å²) in [6.45, 7) is 4.77. The molecule has 2 fully saturated rings. The van der Waals surface area contributed by atoms with Crippen LogP contribution in [0, 0.1) is 5.92 Å². The van der Waals surface area contributed by atoms with Crippen molar-refractivity contribution in [2.75, 3.05) is 19.6 Å². The van der Waals surface area contributed by atoms with Crippen LogP contribution in [0.5, 0.6) is 0 Å². The standard InChI is InChI=1S/C44H45ClN2O5/c1-30-40(28-47-23-21-44(50,22-24-47)38-17-19-39(45)20-18-38)51-43(52-41(30)33-15-13-31(29-48)14-16-33)37-12-6-11-36(26-37)35-10-5-7-32(25-35)27-46-42(49)34-8-3-2-4-9-34/h2-20,25-26,30,40-41,43,48,50H,21-24,27-29H2,1H3,(H,46,49). The summed E-state index contributed by atoms with van der Waals surface area (Å²) in [6, 6.07) is 41.2. The van der Waals surface area contributed by atoms with Crippen LogP contribution in [0.1, 0.15) is 70.3 Å². The lowest BCUT2D eigenvalue weighted by atomic mass is 9.84. The Kier molecular flexibility index (Phi) is 11.2. The van der Waals surface area contributed by atoms with Gasteiger partial charge in [-0.2, -0.15) is 0 Å². The highest BCUT2D eigenvalue weighted by atomic mass is 35.5. The predicted octanol–water partition coefficient (Wildman–Crippen LogP) is 8.20. The number of nitrogens with zero attached hydrogens (tertiary/aromatic N) is 1. The van der Waals surface area contributed by atoms with E-state index in [2.05, 4.69) is 41.4 Å². The molecule has 4 unspecified atom stereocenters. The summed E-state index contributed by atoms with van der Waals surface area (Å²) in [5.41, 5.74) is 6.53. The Balaban J connectivity index is 1.09. The second-order valence-electron chi connectivity index (χ2n) is 14.0. The van der Waals surface area contributed by atoms with E-state index in [-0.39, 0.29) is 30.6 Å². The van der Waals surface area contributed by atoms with Gasteiger partial charge >= 0.3 is 0 Å². The van der Waals surface area contributed by atoms with Crippen LogP contribution in [0.3, 0.4) is 0 Å². The number of ether oxygens (including phenoxy) is 2. The second kappa shape index (κ2) is 16.1. The molecule has 5 aromatic carbocycles. The molecule has 7 rings (SSSR count). The van der Waals surface area contributed by atoms with E-state index in [9.17, 15) is 15.0 Å². The van der Waals surface area contributed by atoms with Crippen LogP contribution in [0.25, 0.3) is 11.1 Å². The summed E-state index contributed by atoms with van der Waals surface area (Å²) in [5, 5.41) is 24.9. The van der Waals surface area contributed by atoms with Gasteiger partial charge in [-0.25, -0.2) is 0 Å². The monoisotopic (exact) mass is 716 g/mol. The maximum Gasteiger partial charge on any atom is 0.251 e. The van der Waals surface area contributed by atoms with Gasteiger partial charge in [0.1, 0.15) is 0 Å². The molecule has 0 spiro atoms. The Morgan fingerprint density at radius 3 is 2.21 bits per heavy atom. The topological polar surface area (TPSA) is 91.3 Å². The molecule has 8 heteroatoms. The number of halogens is 1. The van der Waals surface area contributed by atoms with Crippen molar-refractivity contribution < 1.29 is 24.5 Å². The molecule has 5 aromatic rings. The summed E-state index contributed by atoms with van der Waals surface area (Å²) >= 11 is 6.12. The van der Waals surface area contributed by atoms with E-state index >= 15 is 0 Å². The summed E-state index contributed by atoms with van der Waals surface area (Å²) in [6.07, 6.45) is 0.279. The van der Waals surface area contributed by atoms with Crippen molar-refractivity contribution in [2.45, 2.75) is 57.0 Å². The molecule has 4 atom stereocenters. The van der Waals surface area contributed by atoms with Crippen molar-refractivity contribution in [3.8, 4) is 11.1 Å². The van der Waals surface area contributed by atoms with Crippen LogP contribution >= 0.6 is 11.6 Å². The molecule has 3 N–H and O–H groups in total. The summed E-state index contributed by atoms with van der Waals surface area (Å²) in [5.74, 6) is -0.0648. The number of rotatable bonds is 10. The first-order chi connectivity index (χ1) is 25.3. The smallest absolute Gasteiger partial charge is 0.251 e.